The SMILES string of the molecule is CC(Cc1ccncc1)NCCC1CC1. The van der Waals surface area contributed by atoms with Crippen LogP contribution in [0.3, 0.4) is 0 Å². The second-order valence-electron chi connectivity index (χ2n) is 4.65. The van der Waals surface area contributed by atoms with Gasteiger partial charge in [-0.15, -0.1) is 0 Å². The van der Waals surface area contributed by atoms with Gasteiger partial charge in [0.15, 0.2) is 0 Å². The maximum atomic E-state index is 4.03. The molecule has 1 unspecified atom stereocenters. The van der Waals surface area contributed by atoms with E-state index in [0.29, 0.717) is 6.04 Å². The molecule has 0 bridgehead atoms. The zero-order chi connectivity index (χ0) is 10.5. The molecule has 2 nitrogen and oxygen atoms in total. The molecule has 0 spiro atoms. The Labute approximate surface area is 92.1 Å². The normalized spacial score (nSPS) is 17.7. The van der Waals surface area contributed by atoms with E-state index in [9.17, 15) is 0 Å². The van der Waals surface area contributed by atoms with Crippen molar-refractivity contribution >= 4 is 0 Å². The van der Waals surface area contributed by atoms with Crippen LogP contribution in [0, 0.1) is 5.92 Å². The molecule has 82 valence electrons. The van der Waals surface area contributed by atoms with E-state index in [1.165, 1.54) is 31.4 Å². The van der Waals surface area contributed by atoms with Crippen molar-refractivity contribution in [3.05, 3.63) is 30.1 Å². The Morgan fingerprint density at radius 3 is 2.80 bits per heavy atom. The molecule has 1 saturated carbocycles. The van der Waals surface area contributed by atoms with Gasteiger partial charge in [-0.2, -0.15) is 0 Å². The van der Waals surface area contributed by atoms with Gasteiger partial charge >= 0.3 is 0 Å². The Balaban J connectivity index is 1.65. The van der Waals surface area contributed by atoms with Crippen molar-refractivity contribution in [3.63, 3.8) is 0 Å². The standard InChI is InChI=1S/C13H20N2/c1-11(15-9-6-12-2-3-12)10-13-4-7-14-8-5-13/h4-5,7-8,11-12,15H,2-3,6,9-10H2,1H3. The first kappa shape index (κ1) is 10.6. The molecule has 0 radical (unpaired) electrons. The third-order valence-electron chi connectivity index (χ3n) is 3.03. The van der Waals surface area contributed by atoms with Crippen LogP contribution in [-0.4, -0.2) is 17.6 Å². The van der Waals surface area contributed by atoms with E-state index >= 15 is 0 Å². The molecule has 0 saturated heterocycles. The molecule has 2 rings (SSSR count). The summed E-state index contributed by atoms with van der Waals surface area (Å²) in [6.45, 7) is 3.43. The fraction of sp³-hybridized carbons (Fsp3) is 0.615. The topological polar surface area (TPSA) is 24.9 Å². The van der Waals surface area contributed by atoms with Gasteiger partial charge in [0, 0.05) is 18.4 Å². The van der Waals surface area contributed by atoms with E-state index in [1.807, 2.05) is 12.4 Å². The minimum absolute atomic E-state index is 0.575. The van der Waals surface area contributed by atoms with Crippen molar-refractivity contribution in [2.75, 3.05) is 6.54 Å². The quantitative estimate of drug-likeness (QED) is 0.769. The number of nitrogens with one attached hydrogen (secondary N) is 1. The number of pyridine rings is 1. The van der Waals surface area contributed by atoms with Crippen molar-refractivity contribution < 1.29 is 0 Å². The summed E-state index contributed by atoms with van der Waals surface area (Å²) < 4.78 is 0. The second kappa shape index (κ2) is 5.26. The van der Waals surface area contributed by atoms with Gasteiger partial charge in [0.25, 0.3) is 0 Å². The Kier molecular flexibility index (Phi) is 3.73. The van der Waals surface area contributed by atoms with Crippen LogP contribution in [-0.2, 0) is 6.42 Å². The predicted molar refractivity (Wildman–Crippen MR) is 62.7 cm³/mol. The minimum Gasteiger partial charge on any atom is -0.314 e. The third kappa shape index (κ3) is 4.00. The lowest BCUT2D eigenvalue weighted by Crippen LogP contribution is -2.29. The first-order valence-corrected chi connectivity index (χ1v) is 5.97. The summed E-state index contributed by atoms with van der Waals surface area (Å²) >= 11 is 0. The maximum Gasteiger partial charge on any atom is 0.0270 e. The van der Waals surface area contributed by atoms with Crippen LogP contribution in [0.25, 0.3) is 0 Å². The van der Waals surface area contributed by atoms with Gasteiger partial charge in [0.1, 0.15) is 0 Å². The summed E-state index contributed by atoms with van der Waals surface area (Å²) in [6.07, 6.45) is 9.12. The van der Waals surface area contributed by atoms with Crippen molar-refractivity contribution in [3.8, 4) is 0 Å². The highest BCUT2D eigenvalue weighted by molar-refractivity contribution is 5.10. The molecule has 1 aliphatic carbocycles. The van der Waals surface area contributed by atoms with E-state index in [2.05, 4.69) is 29.4 Å². The van der Waals surface area contributed by atoms with Crippen LogP contribution in [0.5, 0.6) is 0 Å². The van der Waals surface area contributed by atoms with E-state index in [1.54, 1.807) is 0 Å². The van der Waals surface area contributed by atoms with Crippen LogP contribution >= 0.6 is 0 Å². The van der Waals surface area contributed by atoms with Gasteiger partial charge in [-0.1, -0.05) is 12.8 Å². The molecular weight excluding hydrogens is 184 g/mol. The number of nitrogens with zero attached hydrogens (tertiary/aromatic N) is 1. The first-order chi connectivity index (χ1) is 7.34. The summed E-state index contributed by atoms with van der Waals surface area (Å²) in [6, 6.07) is 4.77. The molecule has 1 aromatic heterocycles. The highest BCUT2D eigenvalue weighted by Gasteiger charge is 2.20. The van der Waals surface area contributed by atoms with E-state index in [4.69, 9.17) is 0 Å². The molecule has 1 N–H and O–H groups in total. The summed E-state index contributed by atoms with van der Waals surface area (Å²) in [5.41, 5.74) is 1.37. The lowest BCUT2D eigenvalue weighted by atomic mass is 10.1. The summed E-state index contributed by atoms with van der Waals surface area (Å²) in [7, 11) is 0. The summed E-state index contributed by atoms with van der Waals surface area (Å²) in [5, 5.41) is 3.58. The van der Waals surface area contributed by atoms with Gasteiger partial charge in [0.2, 0.25) is 0 Å². The highest BCUT2D eigenvalue weighted by Crippen LogP contribution is 2.31. The summed E-state index contributed by atoms with van der Waals surface area (Å²) in [5.74, 6) is 1.03. The lowest BCUT2D eigenvalue weighted by molar-refractivity contribution is 0.519. The predicted octanol–water partition coefficient (Wildman–Crippen LogP) is 2.40. The highest BCUT2D eigenvalue weighted by atomic mass is 14.9. The van der Waals surface area contributed by atoms with Crippen molar-refractivity contribution in [2.24, 2.45) is 5.92 Å². The van der Waals surface area contributed by atoms with Gasteiger partial charge in [-0.05, 0) is 49.9 Å². The lowest BCUT2D eigenvalue weighted by Gasteiger charge is -2.13. The Hall–Kier alpha value is -0.890. The van der Waals surface area contributed by atoms with Crippen LogP contribution in [0.15, 0.2) is 24.5 Å². The molecular formula is C13H20N2. The molecule has 1 aliphatic rings. The molecule has 2 heteroatoms. The van der Waals surface area contributed by atoms with Gasteiger partial charge < -0.3 is 5.32 Å². The first-order valence-electron chi connectivity index (χ1n) is 5.97. The number of rotatable bonds is 6. The van der Waals surface area contributed by atoms with Gasteiger partial charge in [-0.25, -0.2) is 0 Å². The zero-order valence-corrected chi connectivity index (χ0v) is 9.45. The van der Waals surface area contributed by atoms with E-state index in [0.717, 1.165) is 12.3 Å². The number of hydrogen-bond acceptors (Lipinski definition) is 2. The number of hydrogen-bond donors (Lipinski definition) is 1. The van der Waals surface area contributed by atoms with Crippen LogP contribution in [0.4, 0.5) is 0 Å². The average Bonchev–Trinajstić information content (AvgIpc) is 3.03. The molecule has 1 heterocycles. The molecule has 1 atom stereocenters. The fourth-order valence-corrected chi connectivity index (χ4v) is 1.88. The van der Waals surface area contributed by atoms with Crippen molar-refractivity contribution in [2.45, 2.75) is 38.6 Å². The monoisotopic (exact) mass is 204 g/mol. The molecule has 1 fully saturated rings. The summed E-state index contributed by atoms with van der Waals surface area (Å²) in [4.78, 5) is 4.03. The minimum atomic E-state index is 0.575. The van der Waals surface area contributed by atoms with E-state index in [-0.39, 0.29) is 0 Å². The Bertz CT molecular complexity index is 280. The fourth-order valence-electron chi connectivity index (χ4n) is 1.88. The maximum absolute atomic E-state index is 4.03. The Morgan fingerprint density at radius 2 is 2.13 bits per heavy atom. The molecule has 1 aromatic rings. The van der Waals surface area contributed by atoms with Crippen LogP contribution in [0.2, 0.25) is 0 Å². The smallest absolute Gasteiger partial charge is 0.0270 e. The Morgan fingerprint density at radius 1 is 1.40 bits per heavy atom. The zero-order valence-electron chi connectivity index (χ0n) is 9.45. The number of aromatic nitrogens is 1. The van der Waals surface area contributed by atoms with Crippen LogP contribution in [0.1, 0.15) is 31.7 Å². The molecule has 0 aliphatic heterocycles. The third-order valence-corrected chi connectivity index (χ3v) is 3.03. The molecule has 0 aromatic carbocycles. The second-order valence-corrected chi connectivity index (χ2v) is 4.65. The average molecular weight is 204 g/mol. The van der Waals surface area contributed by atoms with Gasteiger partial charge in [0.05, 0.1) is 0 Å². The molecule has 15 heavy (non-hydrogen) atoms. The van der Waals surface area contributed by atoms with Crippen molar-refractivity contribution in [1.29, 1.82) is 0 Å². The van der Waals surface area contributed by atoms with Crippen molar-refractivity contribution in [1.82, 2.24) is 10.3 Å². The molecule has 0 amide bonds. The largest absolute Gasteiger partial charge is 0.314 e. The van der Waals surface area contributed by atoms with Gasteiger partial charge in [-0.3, -0.25) is 4.98 Å². The van der Waals surface area contributed by atoms with Crippen LogP contribution < -0.4 is 5.32 Å². The van der Waals surface area contributed by atoms with E-state index < -0.39 is 0 Å².